The Morgan fingerprint density at radius 3 is 2.88 bits per heavy atom. The van der Waals surface area contributed by atoms with Gasteiger partial charge in [0.2, 0.25) is 0 Å². The Morgan fingerprint density at radius 2 is 2.31 bits per heavy atom. The highest BCUT2D eigenvalue weighted by molar-refractivity contribution is 9.10. The Kier molecular flexibility index (Phi) is 6.08. The number of hydrogen-bond donors (Lipinski definition) is 0. The summed E-state index contributed by atoms with van der Waals surface area (Å²) >= 11 is 4.79. The minimum Gasteiger partial charge on any atom is -0.375 e. The second-order valence-corrected chi connectivity index (χ2v) is 5.07. The van der Waals surface area contributed by atoms with E-state index in [-0.39, 0.29) is 18.8 Å². The average Bonchev–Trinajstić information content (AvgIpc) is 2.58. The van der Waals surface area contributed by atoms with E-state index in [1.54, 1.807) is 0 Å². The Balaban J connectivity index is 2.16. The van der Waals surface area contributed by atoms with E-state index in [4.69, 9.17) is 0 Å². The van der Waals surface area contributed by atoms with E-state index in [9.17, 15) is 13.6 Å². The van der Waals surface area contributed by atoms with Gasteiger partial charge in [0.25, 0.3) is 6.43 Å². The summed E-state index contributed by atoms with van der Waals surface area (Å²) in [4.78, 5) is 12.4. The molecule has 0 saturated carbocycles. The summed E-state index contributed by atoms with van der Waals surface area (Å²) in [6.45, 7) is -0.534. The van der Waals surface area contributed by atoms with Crippen molar-refractivity contribution >= 4 is 33.0 Å². The van der Waals surface area contributed by atoms with Gasteiger partial charge >= 0.3 is 0 Å². The van der Waals surface area contributed by atoms with Crippen LogP contribution in [0.3, 0.4) is 0 Å². The number of halogens is 3. The molecule has 0 aliphatic heterocycles. The molecule has 1 aromatic heterocycles. The molecule has 0 aliphatic rings. The fourth-order valence-electron chi connectivity index (χ4n) is 1.09. The van der Waals surface area contributed by atoms with Crippen molar-refractivity contribution in [2.24, 2.45) is 0 Å². The molecule has 2 nitrogen and oxygen atoms in total. The molecule has 0 bridgehead atoms. The summed E-state index contributed by atoms with van der Waals surface area (Å²) in [5.41, 5.74) is 0. The highest BCUT2D eigenvalue weighted by atomic mass is 79.9. The number of ketones is 1. The first-order valence-corrected chi connectivity index (χ1v) is 6.35. The van der Waals surface area contributed by atoms with Crippen LogP contribution in [0.5, 0.6) is 0 Å². The Hall–Kier alpha value is -0.330. The van der Waals surface area contributed by atoms with Crippen LogP contribution in [-0.4, -0.2) is 25.4 Å². The SMILES string of the molecule is O=C(CCOCC(F)F)Cc1cc(Br)cs1. The third-order valence-electron chi connectivity index (χ3n) is 1.76. The molecule has 1 aromatic rings. The maximum absolute atomic E-state index is 11.7. The number of Topliss-reactive ketones (excluding diaryl/α,β-unsaturated/α-hetero) is 1. The van der Waals surface area contributed by atoms with Crippen LogP contribution in [0.15, 0.2) is 15.9 Å². The number of ether oxygens (including phenoxy) is 1. The highest BCUT2D eigenvalue weighted by Crippen LogP contribution is 2.20. The lowest BCUT2D eigenvalue weighted by molar-refractivity contribution is -0.119. The fraction of sp³-hybridized carbons (Fsp3) is 0.500. The van der Waals surface area contributed by atoms with Crippen LogP contribution in [-0.2, 0) is 16.0 Å². The molecule has 0 unspecified atom stereocenters. The van der Waals surface area contributed by atoms with Gasteiger partial charge in [-0.1, -0.05) is 0 Å². The van der Waals surface area contributed by atoms with Crippen LogP contribution in [0.25, 0.3) is 0 Å². The van der Waals surface area contributed by atoms with Crippen LogP contribution in [0, 0.1) is 0 Å². The van der Waals surface area contributed by atoms with Crippen LogP contribution in [0.4, 0.5) is 8.78 Å². The molecule has 0 N–H and O–H groups in total. The summed E-state index contributed by atoms with van der Waals surface area (Å²) in [6, 6.07) is 1.88. The molecule has 0 atom stereocenters. The predicted octanol–water partition coefficient (Wildman–Crippen LogP) is 3.29. The average molecular weight is 313 g/mol. The summed E-state index contributed by atoms with van der Waals surface area (Å²) in [6.07, 6.45) is -1.94. The Bertz CT molecular complexity index is 341. The Morgan fingerprint density at radius 1 is 1.56 bits per heavy atom. The van der Waals surface area contributed by atoms with E-state index in [2.05, 4.69) is 20.7 Å². The first-order chi connectivity index (χ1) is 7.58. The molecule has 0 saturated heterocycles. The van der Waals surface area contributed by atoms with Crippen LogP contribution in [0.1, 0.15) is 11.3 Å². The molecular formula is C10H11BrF2O2S. The van der Waals surface area contributed by atoms with Crippen molar-refractivity contribution in [3.63, 3.8) is 0 Å². The first-order valence-electron chi connectivity index (χ1n) is 4.68. The molecule has 0 fully saturated rings. The highest BCUT2D eigenvalue weighted by Gasteiger charge is 2.07. The lowest BCUT2D eigenvalue weighted by atomic mass is 10.2. The molecule has 0 aromatic carbocycles. The number of hydrogen-bond acceptors (Lipinski definition) is 3. The quantitative estimate of drug-likeness (QED) is 0.722. The summed E-state index contributed by atoms with van der Waals surface area (Å²) in [7, 11) is 0. The van der Waals surface area contributed by atoms with Crippen molar-refractivity contribution in [1.82, 2.24) is 0 Å². The molecular weight excluding hydrogens is 302 g/mol. The summed E-state index contributed by atoms with van der Waals surface area (Å²) in [5, 5.41) is 1.90. The van der Waals surface area contributed by atoms with Gasteiger partial charge in [0.05, 0.1) is 6.61 Å². The van der Waals surface area contributed by atoms with Gasteiger partial charge in [0.15, 0.2) is 0 Å². The number of carbonyl (C=O) groups is 1. The van der Waals surface area contributed by atoms with E-state index in [0.717, 1.165) is 9.35 Å². The standard InChI is InChI=1S/C10H11BrF2O2S/c11-7-3-9(16-6-7)4-8(14)1-2-15-5-10(12)13/h3,6,10H,1-2,4-5H2. The molecule has 0 amide bonds. The van der Waals surface area contributed by atoms with Crippen molar-refractivity contribution in [1.29, 1.82) is 0 Å². The molecule has 90 valence electrons. The van der Waals surface area contributed by atoms with Gasteiger partial charge in [-0.15, -0.1) is 11.3 Å². The number of rotatable bonds is 7. The third kappa shape index (κ3) is 5.67. The van der Waals surface area contributed by atoms with Crippen LogP contribution in [0.2, 0.25) is 0 Å². The van der Waals surface area contributed by atoms with Gasteiger partial charge in [-0.25, -0.2) is 8.78 Å². The van der Waals surface area contributed by atoms with Crippen molar-refractivity contribution in [3.8, 4) is 0 Å². The van der Waals surface area contributed by atoms with Crippen LogP contribution >= 0.6 is 27.3 Å². The number of thiophene rings is 1. The third-order valence-corrected chi connectivity index (χ3v) is 3.46. The van der Waals surface area contributed by atoms with Gasteiger partial charge in [-0.2, -0.15) is 0 Å². The van der Waals surface area contributed by atoms with E-state index >= 15 is 0 Å². The zero-order valence-corrected chi connectivity index (χ0v) is 10.8. The van der Waals surface area contributed by atoms with Gasteiger partial charge in [-0.3, -0.25) is 4.79 Å². The van der Waals surface area contributed by atoms with Crippen molar-refractivity contribution < 1.29 is 18.3 Å². The second kappa shape index (κ2) is 7.09. The van der Waals surface area contributed by atoms with E-state index in [1.807, 2.05) is 11.4 Å². The zero-order valence-electron chi connectivity index (χ0n) is 8.42. The second-order valence-electron chi connectivity index (χ2n) is 3.16. The van der Waals surface area contributed by atoms with E-state index < -0.39 is 13.0 Å². The topological polar surface area (TPSA) is 26.3 Å². The molecule has 0 spiro atoms. The van der Waals surface area contributed by atoms with Crippen molar-refractivity contribution in [2.75, 3.05) is 13.2 Å². The van der Waals surface area contributed by atoms with Crippen molar-refractivity contribution in [2.45, 2.75) is 19.3 Å². The molecule has 1 heterocycles. The number of alkyl halides is 2. The molecule has 0 radical (unpaired) electrons. The van der Waals surface area contributed by atoms with Gasteiger partial charge in [0.1, 0.15) is 12.4 Å². The molecule has 16 heavy (non-hydrogen) atoms. The molecule has 6 heteroatoms. The summed E-state index contributed by atoms with van der Waals surface area (Å²) < 4.78 is 29.0. The smallest absolute Gasteiger partial charge is 0.261 e. The number of carbonyl (C=O) groups excluding carboxylic acids is 1. The zero-order chi connectivity index (χ0) is 12.0. The van der Waals surface area contributed by atoms with E-state index in [1.165, 1.54) is 11.3 Å². The van der Waals surface area contributed by atoms with Gasteiger partial charge in [0, 0.05) is 27.6 Å². The van der Waals surface area contributed by atoms with Gasteiger partial charge in [-0.05, 0) is 22.0 Å². The predicted molar refractivity (Wildman–Crippen MR) is 62.2 cm³/mol. The maximum atomic E-state index is 11.7. The minimum atomic E-state index is -2.47. The monoisotopic (exact) mass is 312 g/mol. The molecule has 0 aliphatic carbocycles. The van der Waals surface area contributed by atoms with Gasteiger partial charge < -0.3 is 4.74 Å². The molecule has 1 rings (SSSR count). The Labute approximate surface area is 105 Å². The minimum absolute atomic E-state index is 0.00335. The van der Waals surface area contributed by atoms with Crippen LogP contribution < -0.4 is 0 Å². The summed E-state index contributed by atoms with van der Waals surface area (Å²) in [5.74, 6) is 0.00335. The lowest BCUT2D eigenvalue weighted by Crippen LogP contribution is -2.10. The van der Waals surface area contributed by atoms with E-state index in [0.29, 0.717) is 6.42 Å². The lowest BCUT2D eigenvalue weighted by Gasteiger charge is -2.02. The largest absolute Gasteiger partial charge is 0.375 e. The van der Waals surface area contributed by atoms with Crippen molar-refractivity contribution in [3.05, 3.63) is 20.8 Å². The normalized spacial score (nSPS) is 11.0. The fourth-order valence-corrected chi connectivity index (χ4v) is 2.57. The maximum Gasteiger partial charge on any atom is 0.261 e. The first kappa shape index (κ1) is 13.7.